The van der Waals surface area contributed by atoms with E-state index < -0.39 is 10.2 Å². The molecule has 0 spiro atoms. The first-order valence-electron chi connectivity index (χ1n) is 6.05. The molecule has 0 saturated carbocycles. The lowest BCUT2D eigenvalue weighted by Crippen LogP contribution is -2.47. The highest BCUT2D eigenvalue weighted by Gasteiger charge is 2.29. The smallest absolute Gasteiger partial charge is 0.279 e. The number of aromatic nitrogens is 2. The number of nitrogens with two attached hydrogens (primary N) is 1. The zero-order valence-electron chi connectivity index (χ0n) is 10.4. The second kappa shape index (κ2) is 5.25. The van der Waals surface area contributed by atoms with E-state index >= 15 is 0 Å². The van der Waals surface area contributed by atoms with Gasteiger partial charge in [-0.15, -0.1) is 0 Å². The monoisotopic (exact) mass is 273 g/mol. The molecule has 8 heteroatoms. The molecule has 1 saturated heterocycles. The van der Waals surface area contributed by atoms with Gasteiger partial charge in [0.05, 0.1) is 6.20 Å². The maximum absolute atomic E-state index is 12.1. The predicted molar refractivity (Wildman–Crippen MR) is 68.8 cm³/mol. The topological polar surface area (TPSA) is 104 Å². The molecule has 2 heterocycles. The minimum absolute atomic E-state index is 0.0537. The fourth-order valence-electron chi connectivity index (χ4n) is 2.14. The van der Waals surface area contributed by atoms with Gasteiger partial charge in [0.25, 0.3) is 10.2 Å². The number of nitrogen functional groups attached to an aromatic ring is 1. The maximum atomic E-state index is 12.1. The molecule has 0 aromatic carbocycles. The summed E-state index contributed by atoms with van der Waals surface area (Å²) in [5, 5.41) is 6.32. The van der Waals surface area contributed by atoms with Gasteiger partial charge in [-0.1, -0.05) is 6.42 Å². The molecule has 1 aromatic heterocycles. The van der Waals surface area contributed by atoms with Gasteiger partial charge < -0.3 is 5.73 Å². The van der Waals surface area contributed by atoms with Crippen LogP contribution in [0.3, 0.4) is 0 Å². The van der Waals surface area contributed by atoms with Crippen molar-refractivity contribution in [2.75, 3.05) is 12.3 Å². The van der Waals surface area contributed by atoms with E-state index in [0.717, 1.165) is 19.3 Å². The number of hydrogen-bond acceptors (Lipinski definition) is 4. The number of nitrogens with zero attached hydrogens (tertiary/aromatic N) is 2. The summed E-state index contributed by atoms with van der Waals surface area (Å²) in [7, 11) is -3.44. The minimum atomic E-state index is -3.44. The molecular weight excluding hydrogens is 254 g/mol. The van der Waals surface area contributed by atoms with Gasteiger partial charge in [-0.3, -0.25) is 5.10 Å². The quantitative estimate of drug-likeness (QED) is 0.729. The Bertz CT molecular complexity index is 498. The van der Waals surface area contributed by atoms with Crippen LogP contribution in [0.15, 0.2) is 6.20 Å². The largest absolute Gasteiger partial charge is 0.384 e. The number of H-pyrrole nitrogens is 1. The van der Waals surface area contributed by atoms with Crippen LogP contribution >= 0.6 is 0 Å². The fourth-order valence-corrected chi connectivity index (χ4v) is 3.60. The van der Waals surface area contributed by atoms with Crippen molar-refractivity contribution in [3.05, 3.63) is 11.8 Å². The van der Waals surface area contributed by atoms with E-state index in [-0.39, 0.29) is 12.6 Å². The lowest BCUT2D eigenvalue weighted by Gasteiger charge is -2.32. The fraction of sp³-hybridized carbons (Fsp3) is 0.700. The van der Waals surface area contributed by atoms with E-state index in [0.29, 0.717) is 17.9 Å². The number of rotatable bonds is 4. The maximum Gasteiger partial charge on any atom is 0.279 e. The van der Waals surface area contributed by atoms with E-state index in [1.807, 2.05) is 6.92 Å². The Morgan fingerprint density at radius 1 is 1.61 bits per heavy atom. The first kappa shape index (κ1) is 13.3. The molecule has 0 radical (unpaired) electrons. The highest BCUT2D eigenvalue weighted by atomic mass is 32.2. The van der Waals surface area contributed by atoms with Crippen LogP contribution in [0, 0.1) is 0 Å². The molecule has 2 rings (SSSR count). The molecule has 4 N–H and O–H groups in total. The second-order valence-corrected chi connectivity index (χ2v) is 6.30. The van der Waals surface area contributed by atoms with Crippen LogP contribution in [-0.2, 0) is 16.8 Å². The highest BCUT2D eigenvalue weighted by molar-refractivity contribution is 7.87. The van der Waals surface area contributed by atoms with E-state index in [2.05, 4.69) is 14.9 Å². The summed E-state index contributed by atoms with van der Waals surface area (Å²) < 4.78 is 28.4. The molecule has 1 aromatic rings. The Morgan fingerprint density at radius 2 is 2.39 bits per heavy atom. The Hall–Kier alpha value is -1.12. The third kappa shape index (κ3) is 2.82. The number of nitrogens with one attached hydrogen (secondary N) is 2. The number of anilines is 1. The Kier molecular flexibility index (Phi) is 3.88. The molecule has 7 nitrogen and oxygen atoms in total. The summed E-state index contributed by atoms with van der Waals surface area (Å²) >= 11 is 0. The van der Waals surface area contributed by atoms with Crippen molar-refractivity contribution in [3.8, 4) is 0 Å². The van der Waals surface area contributed by atoms with Crippen LogP contribution in [0.4, 0.5) is 5.82 Å². The van der Waals surface area contributed by atoms with Crippen molar-refractivity contribution >= 4 is 16.0 Å². The number of piperidine rings is 1. The first-order valence-corrected chi connectivity index (χ1v) is 7.49. The summed E-state index contributed by atoms with van der Waals surface area (Å²) in [6.07, 6.45) is 4.44. The number of hydrogen-bond donors (Lipinski definition) is 3. The molecule has 1 aliphatic rings. The van der Waals surface area contributed by atoms with Crippen molar-refractivity contribution in [3.63, 3.8) is 0 Å². The zero-order chi connectivity index (χ0) is 13.2. The summed E-state index contributed by atoms with van der Waals surface area (Å²) in [6, 6.07) is 0.0537. The average molecular weight is 273 g/mol. The summed E-state index contributed by atoms with van der Waals surface area (Å²) in [6.45, 7) is 2.68. The van der Waals surface area contributed by atoms with Crippen LogP contribution in [-0.4, -0.2) is 35.5 Å². The second-order valence-electron chi connectivity index (χ2n) is 4.59. The minimum Gasteiger partial charge on any atom is -0.384 e. The molecule has 18 heavy (non-hydrogen) atoms. The number of aromatic amines is 1. The molecule has 102 valence electrons. The van der Waals surface area contributed by atoms with Crippen molar-refractivity contribution in [1.29, 1.82) is 0 Å². The Labute approximate surface area is 107 Å². The Balaban J connectivity index is 2.01. The van der Waals surface area contributed by atoms with Crippen molar-refractivity contribution in [2.45, 2.75) is 38.8 Å². The van der Waals surface area contributed by atoms with Crippen LogP contribution in [0.1, 0.15) is 31.7 Å². The molecule has 1 fully saturated rings. The molecule has 1 atom stereocenters. The lowest BCUT2D eigenvalue weighted by molar-refractivity contribution is 0.265. The van der Waals surface area contributed by atoms with Crippen LogP contribution < -0.4 is 10.5 Å². The van der Waals surface area contributed by atoms with Gasteiger partial charge in [0.2, 0.25) is 0 Å². The SMILES string of the molecule is CC1CCCCN1S(=O)(=O)NCc1cn[nH]c1N. The molecule has 1 unspecified atom stereocenters. The average Bonchev–Trinajstić information content (AvgIpc) is 2.73. The molecule has 0 aliphatic carbocycles. The third-order valence-corrected chi connectivity index (χ3v) is 4.92. The van der Waals surface area contributed by atoms with E-state index in [4.69, 9.17) is 5.73 Å². The van der Waals surface area contributed by atoms with Crippen molar-refractivity contribution in [2.24, 2.45) is 0 Å². The van der Waals surface area contributed by atoms with Gasteiger partial charge >= 0.3 is 0 Å². The normalized spacial score (nSPS) is 22.2. The zero-order valence-corrected chi connectivity index (χ0v) is 11.2. The molecule has 0 bridgehead atoms. The van der Waals surface area contributed by atoms with E-state index in [1.165, 1.54) is 10.5 Å². The van der Waals surface area contributed by atoms with Crippen LogP contribution in [0.2, 0.25) is 0 Å². The summed E-state index contributed by atoms with van der Waals surface area (Å²) in [5.41, 5.74) is 6.26. The summed E-state index contributed by atoms with van der Waals surface area (Å²) in [4.78, 5) is 0. The van der Waals surface area contributed by atoms with Crippen LogP contribution in [0.25, 0.3) is 0 Å². The molecular formula is C10H19N5O2S. The Morgan fingerprint density at radius 3 is 3.00 bits per heavy atom. The van der Waals surface area contributed by atoms with E-state index in [1.54, 1.807) is 0 Å². The third-order valence-electron chi connectivity index (χ3n) is 3.25. The van der Waals surface area contributed by atoms with Gasteiger partial charge in [-0.05, 0) is 19.8 Å². The summed E-state index contributed by atoms with van der Waals surface area (Å²) in [5.74, 6) is 0.393. The van der Waals surface area contributed by atoms with E-state index in [9.17, 15) is 8.42 Å². The molecule has 1 aliphatic heterocycles. The van der Waals surface area contributed by atoms with Crippen molar-refractivity contribution < 1.29 is 8.42 Å². The van der Waals surface area contributed by atoms with Crippen LogP contribution in [0.5, 0.6) is 0 Å². The van der Waals surface area contributed by atoms with Gasteiger partial charge in [-0.2, -0.15) is 22.5 Å². The van der Waals surface area contributed by atoms with Gasteiger partial charge in [0, 0.05) is 24.7 Å². The van der Waals surface area contributed by atoms with Gasteiger partial charge in [-0.25, -0.2) is 0 Å². The first-order chi connectivity index (χ1) is 8.50. The predicted octanol–water partition coefficient (Wildman–Crippen LogP) is 0.201. The standard InChI is InChI=1S/C10H19N5O2S/c1-8-4-2-3-5-15(8)18(16,17)13-7-9-6-12-14-10(9)11/h6,8,13H,2-5,7H2,1H3,(H3,11,12,14). The van der Waals surface area contributed by atoms with Gasteiger partial charge in [0.1, 0.15) is 5.82 Å². The molecule has 0 amide bonds. The lowest BCUT2D eigenvalue weighted by atomic mass is 10.1. The van der Waals surface area contributed by atoms with Crippen molar-refractivity contribution in [1.82, 2.24) is 19.2 Å². The van der Waals surface area contributed by atoms with Gasteiger partial charge in [0.15, 0.2) is 0 Å². The highest BCUT2D eigenvalue weighted by Crippen LogP contribution is 2.19.